The molecule has 7 heteroatoms. The van der Waals surface area contributed by atoms with Crippen LogP contribution < -0.4 is 15.7 Å². The summed E-state index contributed by atoms with van der Waals surface area (Å²) >= 11 is 6.10. The van der Waals surface area contributed by atoms with Crippen molar-refractivity contribution in [3.63, 3.8) is 0 Å². The van der Waals surface area contributed by atoms with E-state index < -0.39 is 0 Å². The predicted octanol–water partition coefficient (Wildman–Crippen LogP) is 2.88. The van der Waals surface area contributed by atoms with Gasteiger partial charge in [0.05, 0.1) is 17.8 Å². The largest absolute Gasteiger partial charge is 0.492 e. The first-order valence-corrected chi connectivity index (χ1v) is 7.18. The molecule has 6 nitrogen and oxygen atoms in total. The number of ether oxygens (including phenoxy) is 1. The molecule has 0 fully saturated rings. The second kappa shape index (κ2) is 7.09. The first kappa shape index (κ1) is 16.0. The van der Waals surface area contributed by atoms with Gasteiger partial charge in [-0.05, 0) is 44.5 Å². The zero-order chi connectivity index (χ0) is 16.1. The van der Waals surface area contributed by atoms with Crippen molar-refractivity contribution in [1.29, 1.82) is 0 Å². The topological polar surface area (TPSA) is 79.4 Å². The third-order valence-electron chi connectivity index (χ3n) is 3.03. The van der Waals surface area contributed by atoms with Gasteiger partial charge < -0.3 is 4.74 Å². The van der Waals surface area contributed by atoms with Crippen LogP contribution in [0.5, 0.6) is 5.75 Å². The molecule has 0 atom stereocenters. The molecule has 22 heavy (non-hydrogen) atoms. The SMILES string of the molecule is CCOc1ccc(/C=N\Nc2nc(C)c(C)c(=O)[nH]2)cc1Cl. The summed E-state index contributed by atoms with van der Waals surface area (Å²) in [6, 6.07) is 5.36. The van der Waals surface area contributed by atoms with Crippen molar-refractivity contribution in [2.45, 2.75) is 20.8 Å². The highest BCUT2D eigenvalue weighted by atomic mass is 35.5. The van der Waals surface area contributed by atoms with Gasteiger partial charge in [0, 0.05) is 11.3 Å². The second-order valence-corrected chi connectivity index (χ2v) is 5.03. The lowest BCUT2D eigenvalue weighted by molar-refractivity contribution is 0.340. The van der Waals surface area contributed by atoms with Crippen LogP contribution in [0.4, 0.5) is 5.95 Å². The number of nitrogens with zero attached hydrogens (tertiary/aromatic N) is 2. The first-order valence-electron chi connectivity index (χ1n) is 6.80. The van der Waals surface area contributed by atoms with Crippen LogP contribution in [0.2, 0.25) is 5.02 Å². The van der Waals surface area contributed by atoms with Crippen LogP contribution in [-0.2, 0) is 0 Å². The van der Waals surface area contributed by atoms with Gasteiger partial charge in [-0.2, -0.15) is 5.10 Å². The number of rotatable bonds is 5. The van der Waals surface area contributed by atoms with Crippen molar-refractivity contribution in [3.8, 4) is 5.75 Å². The summed E-state index contributed by atoms with van der Waals surface area (Å²) in [5.41, 5.74) is 4.55. The molecule has 1 aromatic heterocycles. The summed E-state index contributed by atoms with van der Waals surface area (Å²) in [5, 5.41) is 4.55. The van der Waals surface area contributed by atoms with Crippen molar-refractivity contribution in [3.05, 3.63) is 50.4 Å². The van der Waals surface area contributed by atoms with Crippen molar-refractivity contribution < 1.29 is 4.74 Å². The van der Waals surface area contributed by atoms with Crippen LogP contribution in [-0.4, -0.2) is 22.8 Å². The summed E-state index contributed by atoms with van der Waals surface area (Å²) in [5.74, 6) is 0.927. The van der Waals surface area contributed by atoms with Gasteiger partial charge in [-0.25, -0.2) is 10.4 Å². The number of nitrogens with one attached hydrogen (secondary N) is 2. The Kier molecular flexibility index (Phi) is 5.16. The van der Waals surface area contributed by atoms with E-state index in [2.05, 4.69) is 20.5 Å². The fourth-order valence-electron chi connectivity index (χ4n) is 1.74. The number of aromatic nitrogens is 2. The Morgan fingerprint density at radius 1 is 1.45 bits per heavy atom. The maximum atomic E-state index is 11.6. The van der Waals surface area contributed by atoms with E-state index in [4.69, 9.17) is 16.3 Å². The number of hydrogen-bond acceptors (Lipinski definition) is 5. The van der Waals surface area contributed by atoms with E-state index in [0.29, 0.717) is 34.6 Å². The molecule has 0 aliphatic rings. The summed E-state index contributed by atoms with van der Waals surface area (Å²) in [4.78, 5) is 18.4. The number of halogens is 1. The van der Waals surface area contributed by atoms with E-state index >= 15 is 0 Å². The molecule has 0 radical (unpaired) electrons. The minimum atomic E-state index is -0.186. The maximum Gasteiger partial charge on any atom is 0.255 e. The van der Waals surface area contributed by atoms with E-state index in [-0.39, 0.29) is 5.56 Å². The van der Waals surface area contributed by atoms with Gasteiger partial charge in [-0.1, -0.05) is 11.6 Å². The van der Waals surface area contributed by atoms with Crippen LogP contribution in [0.25, 0.3) is 0 Å². The highest BCUT2D eigenvalue weighted by Gasteiger charge is 2.03. The molecular weight excluding hydrogens is 304 g/mol. The Balaban J connectivity index is 2.10. The molecule has 0 aliphatic carbocycles. The monoisotopic (exact) mass is 320 g/mol. The third-order valence-corrected chi connectivity index (χ3v) is 3.33. The van der Waals surface area contributed by atoms with Crippen molar-refractivity contribution >= 4 is 23.8 Å². The molecule has 0 saturated heterocycles. The van der Waals surface area contributed by atoms with Crippen LogP contribution >= 0.6 is 11.6 Å². The van der Waals surface area contributed by atoms with Crippen LogP contribution in [0, 0.1) is 13.8 Å². The van der Waals surface area contributed by atoms with Crippen LogP contribution in [0.15, 0.2) is 28.1 Å². The fraction of sp³-hybridized carbons (Fsp3) is 0.267. The Labute approximate surface area is 133 Å². The molecule has 0 unspecified atom stereocenters. The zero-order valence-electron chi connectivity index (χ0n) is 12.6. The van der Waals surface area contributed by atoms with Crippen LogP contribution in [0.1, 0.15) is 23.7 Å². The van der Waals surface area contributed by atoms with E-state index in [9.17, 15) is 4.79 Å². The predicted molar refractivity (Wildman–Crippen MR) is 88.2 cm³/mol. The highest BCUT2D eigenvalue weighted by Crippen LogP contribution is 2.24. The number of anilines is 1. The Bertz CT molecular complexity index is 756. The Morgan fingerprint density at radius 2 is 2.23 bits per heavy atom. The van der Waals surface area contributed by atoms with Gasteiger partial charge in [-0.15, -0.1) is 0 Å². The van der Waals surface area contributed by atoms with E-state index in [1.165, 1.54) is 0 Å². The molecule has 0 aliphatic heterocycles. The molecule has 1 aromatic carbocycles. The Hall–Kier alpha value is -2.34. The van der Waals surface area contributed by atoms with Crippen molar-refractivity contribution in [2.24, 2.45) is 5.10 Å². The number of hydrogen-bond donors (Lipinski definition) is 2. The molecule has 1 heterocycles. The molecule has 2 aromatic rings. The second-order valence-electron chi connectivity index (χ2n) is 4.62. The number of aromatic amines is 1. The minimum absolute atomic E-state index is 0.186. The quantitative estimate of drug-likeness (QED) is 0.656. The molecule has 0 amide bonds. The number of benzene rings is 1. The zero-order valence-corrected chi connectivity index (χ0v) is 13.4. The van der Waals surface area contributed by atoms with E-state index in [1.807, 2.05) is 13.0 Å². The summed E-state index contributed by atoms with van der Waals surface area (Å²) in [7, 11) is 0. The molecule has 116 valence electrons. The fourth-order valence-corrected chi connectivity index (χ4v) is 1.98. The van der Waals surface area contributed by atoms with Gasteiger partial charge >= 0.3 is 0 Å². The molecular formula is C15H17ClN4O2. The summed E-state index contributed by atoms with van der Waals surface area (Å²) in [6.07, 6.45) is 1.58. The van der Waals surface area contributed by atoms with Gasteiger partial charge in [0.1, 0.15) is 5.75 Å². The van der Waals surface area contributed by atoms with Crippen LogP contribution in [0.3, 0.4) is 0 Å². The molecule has 0 saturated carbocycles. The average molecular weight is 321 g/mol. The number of hydrazone groups is 1. The number of aryl methyl sites for hydroxylation is 1. The molecule has 2 N–H and O–H groups in total. The first-order chi connectivity index (χ1) is 10.5. The van der Waals surface area contributed by atoms with E-state index in [0.717, 1.165) is 5.56 Å². The standard InChI is InChI=1S/C15H17ClN4O2/c1-4-22-13-6-5-11(7-12(13)16)8-17-20-15-18-10(3)9(2)14(21)19-15/h5-8H,4H2,1-3H3,(H2,18,19,20,21)/b17-8-. The normalized spacial score (nSPS) is 10.9. The lowest BCUT2D eigenvalue weighted by atomic mass is 10.2. The van der Waals surface area contributed by atoms with Crippen molar-refractivity contribution in [1.82, 2.24) is 9.97 Å². The maximum absolute atomic E-state index is 11.6. The van der Waals surface area contributed by atoms with Gasteiger partial charge in [0.15, 0.2) is 0 Å². The lowest BCUT2D eigenvalue weighted by Gasteiger charge is -2.05. The lowest BCUT2D eigenvalue weighted by Crippen LogP contribution is -2.15. The smallest absolute Gasteiger partial charge is 0.255 e. The molecule has 0 bridgehead atoms. The van der Waals surface area contributed by atoms with Gasteiger partial charge in [0.2, 0.25) is 5.95 Å². The van der Waals surface area contributed by atoms with Gasteiger partial charge in [-0.3, -0.25) is 9.78 Å². The molecule has 2 rings (SSSR count). The summed E-state index contributed by atoms with van der Waals surface area (Å²) < 4.78 is 5.36. The average Bonchev–Trinajstić information content (AvgIpc) is 2.47. The van der Waals surface area contributed by atoms with Gasteiger partial charge in [0.25, 0.3) is 5.56 Å². The summed E-state index contributed by atoms with van der Waals surface area (Å²) in [6.45, 7) is 5.94. The third kappa shape index (κ3) is 3.85. The van der Waals surface area contributed by atoms with E-state index in [1.54, 1.807) is 32.2 Å². The van der Waals surface area contributed by atoms with Crippen molar-refractivity contribution in [2.75, 3.05) is 12.0 Å². The Morgan fingerprint density at radius 3 is 2.86 bits per heavy atom. The number of H-pyrrole nitrogens is 1. The minimum Gasteiger partial charge on any atom is -0.492 e. The molecule has 0 spiro atoms. The highest BCUT2D eigenvalue weighted by molar-refractivity contribution is 6.32.